The average molecular weight is 293 g/mol. The van der Waals surface area contributed by atoms with Gasteiger partial charge in [-0.1, -0.05) is 15.9 Å². The summed E-state index contributed by atoms with van der Waals surface area (Å²) in [7, 11) is 0. The van der Waals surface area contributed by atoms with E-state index in [2.05, 4.69) is 31.9 Å². The fourth-order valence-corrected chi connectivity index (χ4v) is 1.63. The van der Waals surface area contributed by atoms with E-state index in [0.29, 0.717) is 14.5 Å². The second kappa shape index (κ2) is 4.01. The third kappa shape index (κ3) is 1.85. The summed E-state index contributed by atoms with van der Waals surface area (Å²) < 4.78 is 14.2. The number of nitrogens with zero attached hydrogens (tertiary/aromatic N) is 1. The van der Waals surface area contributed by atoms with E-state index in [1.54, 1.807) is 12.1 Å². The summed E-state index contributed by atoms with van der Waals surface area (Å²) >= 11 is 6.22. The van der Waals surface area contributed by atoms with Gasteiger partial charge in [0, 0.05) is 10.0 Å². The molecule has 62 valence electrons. The standard InChI is InChI=1S/C8H4Br2FN/c9-6-1-2-7(10)8(11)5(6)3-4-12/h1-2H,3H2. The van der Waals surface area contributed by atoms with Gasteiger partial charge in [0.15, 0.2) is 0 Å². The van der Waals surface area contributed by atoms with Crippen molar-refractivity contribution in [2.75, 3.05) is 0 Å². The topological polar surface area (TPSA) is 23.8 Å². The van der Waals surface area contributed by atoms with E-state index in [0.717, 1.165) is 0 Å². The largest absolute Gasteiger partial charge is 0.205 e. The number of benzene rings is 1. The maximum atomic E-state index is 13.2. The third-order valence-corrected chi connectivity index (χ3v) is 2.75. The lowest BCUT2D eigenvalue weighted by atomic mass is 10.1. The van der Waals surface area contributed by atoms with E-state index < -0.39 is 0 Å². The minimum absolute atomic E-state index is 0.0753. The Hall–Kier alpha value is -0.400. The lowest BCUT2D eigenvalue weighted by Gasteiger charge is -2.02. The molecule has 0 aromatic heterocycles. The Kier molecular flexibility index (Phi) is 3.24. The first-order chi connectivity index (χ1) is 5.66. The molecule has 1 aromatic carbocycles. The van der Waals surface area contributed by atoms with Crippen LogP contribution in [0, 0.1) is 17.1 Å². The maximum Gasteiger partial charge on any atom is 0.142 e. The molecule has 0 unspecified atom stereocenters. The molecule has 0 radical (unpaired) electrons. The van der Waals surface area contributed by atoms with Crippen LogP contribution in [0.3, 0.4) is 0 Å². The maximum absolute atomic E-state index is 13.2. The molecule has 0 spiro atoms. The number of hydrogen-bond donors (Lipinski definition) is 0. The zero-order chi connectivity index (χ0) is 9.14. The molecule has 0 bridgehead atoms. The second-order valence-corrected chi connectivity index (χ2v) is 3.87. The van der Waals surface area contributed by atoms with E-state index in [1.807, 2.05) is 6.07 Å². The number of halogens is 3. The molecule has 0 saturated carbocycles. The van der Waals surface area contributed by atoms with Crippen molar-refractivity contribution in [3.63, 3.8) is 0 Å². The predicted molar refractivity (Wildman–Crippen MR) is 51.1 cm³/mol. The second-order valence-electron chi connectivity index (χ2n) is 2.16. The minimum Gasteiger partial charge on any atom is -0.205 e. The minimum atomic E-state index is -0.370. The van der Waals surface area contributed by atoms with Crippen molar-refractivity contribution in [2.45, 2.75) is 6.42 Å². The van der Waals surface area contributed by atoms with Crippen LogP contribution in [0.25, 0.3) is 0 Å². The first-order valence-corrected chi connectivity index (χ1v) is 4.74. The monoisotopic (exact) mass is 291 g/mol. The van der Waals surface area contributed by atoms with Crippen LogP contribution in [0.1, 0.15) is 5.56 Å². The summed E-state index contributed by atoms with van der Waals surface area (Å²) in [6, 6.07) is 5.21. The zero-order valence-corrected chi connectivity index (χ0v) is 9.11. The molecular weight excluding hydrogens is 289 g/mol. The SMILES string of the molecule is N#CCc1c(Br)ccc(Br)c1F. The molecule has 0 N–H and O–H groups in total. The van der Waals surface area contributed by atoms with Crippen molar-refractivity contribution in [3.05, 3.63) is 32.5 Å². The molecular formula is C8H4Br2FN. The highest BCUT2D eigenvalue weighted by molar-refractivity contribution is 9.11. The summed E-state index contributed by atoms with van der Waals surface area (Å²) in [6.45, 7) is 0. The molecule has 0 aliphatic heterocycles. The molecule has 0 amide bonds. The van der Waals surface area contributed by atoms with Crippen LogP contribution in [0.4, 0.5) is 4.39 Å². The highest BCUT2D eigenvalue weighted by Crippen LogP contribution is 2.26. The molecule has 0 fully saturated rings. The molecule has 1 aromatic rings. The molecule has 0 atom stereocenters. The van der Waals surface area contributed by atoms with Crippen LogP contribution in [0.2, 0.25) is 0 Å². The van der Waals surface area contributed by atoms with Gasteiger partial charge in [0.25, 0.3) is 0 Å². The van der Waals surface area contributed by atoms with Gasteiger partial charge in [0.2, 0.25) is 0 Å². The highest BCUT2D eigenvalue weighted by Gasteiger charge is 2.09. The van der Waals surface area contributed by atoms with Crippen molar-refractivity contribution < 1.29 is 4.39 Å². The Bertz CT molecular complexity index is 344. The normalized spacial score (nSPS) is 9.50. The molecule has 1 nitrogen and oxygen atoms in total. The van der Waals surface area contributed by atoms with Crippen LogP contribution in [-0.4, -0.2) is 0 Å². The Morgan fingerprint density at radius 1 is 1.33 bits per heavy atom. The molecule has 0 saturated heterocycles. The molecule has 12 heavy (non-hydrogen) atoms. The first-order valence-electron chi connectivity index (χ1n) is 3.16. The van der Waals surface area contributed by atoms with E-state index in [1.165, 1.54) is 0 Å². The first kappa shape index (κ1) is 9.69. The van der Waals surface area contributed by atoms with Gasteiger partial charge in [-0.3, -0.25) is 0 Å². The molecule has 0 heterocycles. The van der Waals surface area contributed by atoms with Gasteiger partial charge in [-0.25, -0.2) is 4.39 Å². The van der Waals surface area contributed by atoms with E-state index in [4.69, 9.17) is 5.26 Å². The Balaban J connectivity index is 3.25. The van der Waals surface area contributed by atoms with Crippen molar-refractivity contribution in [1.29, 1.82) is 5.26 Å². The number of hydrogen-bond acceptors (Lipinski definition) is 1. The lowest BCUT2D eigenvalue weighted by Crippen LogP contribution is -1.91. The summed E-state index contributed by atoms with van der Waals surface area (Å²) in [4.78, 5) is 0. The van der Waals surface area contributed by atoms with Gasteiger partial charge in [-0.05, 0) is 28.1 Å². The summed E-state index contributed by atoms with van der Waals surface area (Å²) in [5, 5.41) is 8.41. The molecule has 1 rings (SSSR count). The highest BCUT2D eigenvalue weighted by atomic mass is 79.9. The Labute approximate surface area is 86.5 Å². The smallest absolute Gasteiger partial charge is 0.142 e. The van der Waals surface area contributed by atoms with Gasteiger partial charge in [-0.15, -0.1) is 0 Å². The summed E-state index contributed by atoms with van der Waals surface area (Å²) in [5.74, 6) is -0.370. The summed E-state index contributed by atoms with van der Waals surface area (Å²) in [6.07, 6.45) is 0.0753. The fraction of sp³-hybridized carbons (Fsp3) is 0.125. The van der Waals surface area contributed by atoms with Crippen LogP contribution in [0.15, 0.2) is 21.1 Å². The Morgan fingerprint density at radius 2 is 1.92 bits per heavy atom. The molecule has 0 aliphatic rings. The number of rotatable bonds is 1. The quantitative estimate of drug-likeness (QED) is 0.728. The van der Waals surface area contributed by atoms with Crippen LogP contribution >= 0.6 is 31.9 Å². The number of nitriles is 1. The fourth-order valence-electron chi connectivity index (χ4n) is 0.810. The van der Waals surface area contributed by atoms with Crippen molar-refractivity contribution in [1.82, 2.24) is 0 Å². The van der Waals surface area contributed by atoms with Gasteiger partial charge in [0.05, 0.1) is 17.0 Å². The summed E-state index contributed by atoms with van der Waals surface area (Å²) in [5.41, 5.74) is 0.395. The van der Waals surface area contributed by atoms with Crippen LogP contribution in [-0.2, 0) is 6.42 Å². The predicted octanol–water partition coefficient (Wildman–Crippen LogP) is 3.42. The average Bonchev–Trinajstić information content (AvgIpc) is 2.06. The van der Waals surface area contributed by atoms with Crippen molar-refractivity contribution in [2.24, 2.45) is 0 Å². The van der Waals surface area contributed by atoms with Gasteiger partial charge < -0.3 is 0 Å². The third-order valence-electron chi connectivity index (χ3n) is 1.39. The molecule has 4 heteroatoms. The van der Waals surface area contributed by atoms with Gasteiger partial charge in [-0.2, -0.15) is 5.26 Å². The van der Waals surface area contributed by atoms with Crippen molar-refractivity contribution >= 4 is 31.9 Å². The van der Waals surface area contributed by atoms with Gasteiger partial charge in [0.1, 0.15) is 5.82 Å². The van der Waals surface area contributed by atoms with E-state index in [9.17, 15) is 4.39 Å². The Morgan fingerprint density at radius 3 is 2.50 bits per heavy atom. The van der Waals surface area contributed by atoms with Crippen molar-refractivity contribution in [3.8, 4) is 6.07 Å². The zero-order valence-electron chi connectivity index (χ0n) is 5.94. The van der Waals surface area contributed by atoms with Gasteiger partial charge >= 0.3 is 0 Å². The molecule has 0 aliphatic carbocycles. The lowest BCUT2D eigenvalue weighted by molar-refractivity contribution is 0.607. The van der Waals surface area contributed by atoms with Crippen LogP contribution in [0.5, 0.6) is 0 Å². The van der Waals surface area contributed by atoms with Crippen LogP contribution < -0.4 is 0 Å². The van der Waals surface area contributed by atoms with E-state index in [-0.39, 0.29) is 12.2 Å². The van der Waals surface area contributed by atoms with E-state index >= 15 is 0 Å².